The van der Waals surface area contributed by atoms with E-state index in [9.17, 15) is 9.59 Å². The van der Waals surface area contributed by atoms with Crippen molar-refractivity contribution in [3.05, 3.63) is 29.6 Å². The number of aromatic nitrogens is 1. The van der Waals surface area contributed by atoms with E-state index in [1.165, 1.54) is 25.7 Å². The molecule has 5 nitrogen and oxygen atoms in total. The Bertz CT molecular complexity index is 704. The molecule has 3 fully saturated rings. The summed E-state index contributed by atoms with van der Waals surface area (Å²) in [5.41, 5.74) is 1.30. The van der Waals surface area contributed by atoms with E-state index in [1.54, 1.807) is 6.07 Å². The van der Waals surface area contributed by atoms with Gasteiger partial charge in [-0.25, -0.2) is 4.98 Å². The summed E-state index contributed by atoms with van der Waals surface area (Å²) in [6.07, 6.45) is 5.86. The summed E-state index contributed by atoms with van der Waals surface area (Å²) in [5.74, 6) is 1.60. The largest absolute Gasteiger partial charge is 0.462 e. The van der Waals surface area contributed by atoms with Crippen LogP contribution in [0.15, 0.2) is 18.2 Å². The Labute approximate surface area is 154 Å². The molecule has 0 unspecified atom stereocenters. The number of esters is 1. The zero-order valence-electron chi connectivity index (χ0n) is 15.6. The second-order valence-electron chi connectivity index (χ2n) is 8.31. The second kappa shape index (κ2) is 7.01. The van der Waals surface area contributed by atoms with Crippen LogP contribution in [-0.2, 0) is 9.53 Å². The smallest absolute Gasteiger partial charge is 0.309 e. The summed E-state index contributed by atoms with van der Waals surface area (Å²) in [6, 6.07) is 5.50. The fourth-order valence-electron chi connectivity index (χ4n) is 5.70. The van der Waals surface area contributed by atoms with E-state index in [4.69, 9.17) is 4.74 Å². The number of rotatable bonds is 3. The molecule has 26 heavy (non-hydrogen) atoms. The third-order valence-electron chi connectivity index (χ3n) is 6.80. The van der Waals surface area contributed by atoms with Gasteiger partial charge in [0, 0.05) is 18.2 Å². The molecule has 6 atom stereocenters. The van der Waals surface area contributed by atoms with Gasteiger partial charge in [0.25, 0.3) is 5.91 Å². The Kier molecular flexibility index (Phi) is 4.72. The predicted octanol–water partition coefficient (Wildman–Crippen LogP) is 3.12. The lowest BCUT2D eigenvalue weighted by molar-refractivity contribution is -0.144. The van der Waals surface area contributed by atoms with Crippen LogP contribution in [0.3, 0.4) is 0 Å². The number of ether oxygens (including phenoxy) is 1. The average molecular weight is 356 g/mol. The van der Waals surface area contributed by atoms with Crippen molar-refractivity contribution in [2.75, 3.05) is 6.54 Å². The summed E-state index contributed by atoms with van der Waals surface area (Å²) in [6.45, 7) is 4.51. The minimum atomic E-state index is -0.124. The minimum Gasteiger partial charge on any atom is -0.462 e. The van der Waals surface area contributed by atoms with E-state index in [-0.39, 0.29) is 29.8 Å². The van der Waals surface area contributed by atoms with Gasteiger partial charge in [0.2, 0.25) is 0 Å². The van der Waals surface area contributed by atoms with Crippen LogP contribution >= 0.6 is 0 Å². The zero-order valence-corrected chi connectivity index (χ0v) is 15.6. The van der Waals surface area contributed by atoms with Crippen LogP contribution in [-0.4, -0.2) is 29.5 Å². The molecule has 1 aromatic heterocycles. The number of carbonyl (C=O) groups excluding carboxylic acids is 2. The first kappa shape index (κ1) is 17.5. The van der Waals surface area contributed by atoms with Crippen LogP contribution in [0.2, 0.25) is 0 Å². The van der Waals surface area contributed by atoms with Crippen LogP contribution in [0.5, 0.6) is 0 Å². The maximum Gasteiger partial charge on any atom is 0.309 e. The number of cyclic esters (lactones) is 1. The summed E-state index contributed by atoms with van der Waals surface area (Å²) in [7, 11) is 0. The maximum absolute atomic E-state index is 12.6. The van der Waals surface area contributed by atoms with Gasteiger partial charge in [-0.1, -0.05) is 25.3 Å². The summed E-state index contributed by atoms with van der Waals surface area (Å²) >= 11 is 0. The molecule has 1 saturated heterocycles. The van der Waals surface area contributed by atoms with Crippen molar-refractivity contribution in [2.24, 2.45) is 29.6 Å². The van der Waals surface area contributed by atoms with Gasteiger partial charge in [0.05, 0.1) is 5.92 Å². The molecule has 0 bridgehead atoms. The molecule has 5 heteroatoms. The van der Waals surface area contributed by atoms with E-state index >= 15 is 0 Å². The number of amides is 1. The van der Waals surface area contributed by atoms with E-state index in [1.807, 2.05) is 26.0 Å². The van der Waals surface area contributed by atoms with Crippen LogP contribution in [0.25, 0.3) is 0 Å². The Morgan fingerprint density at radius 1 is 1.31 bits per heavy atom. The van der Waals surface area contributed by atoms with Crippen molar-refractivity contribution < 1.29 is 14.3 Å². The normalized spacial score (nSPS) is 36.0. The van der Waals surface area contributed by atoms with E-state index in [0.717, 1.165) is 12.1 Å². The van der Waals surface area contributed by atoms with E-state index in [2.05, 4.69) is 10.3 Å². The number of pyridine rings is 1. The number of aryl methyl sites for hydroxylation is 1. The molecule has 1 aliphatic heterocycles. The van der Waals surface area contributed by atoms with Gasteiger partial charge >= 0.3 is 5.97 Å². The van der Waals surface area contributed by atoms with Crippen molar-refractivity contribution in [3.8, 4) is 0 Å². The number of nitrogens with one attached hydrogen (secondary N) is 1. The third-order valence-corrected chi connectivity index (χ3v) is 6.80. The molecule has 4 rings (SSSR count). The first-order valence-electron chi connectivity index (χ1n) is 9.97. The average Bonchev–Trinajstić information content (AvgIpc) is 2.92. The van der Waals surface area contributed by atoms with Gasteiger partial charge in [-0.05, 0) is 56.6 Å². The van der Waals surface area contributed by atoms with Crippen molar-refractivity contribution in [1.82, 2.24) is 10.3 Å². The second-order valence-corrected chi connectivity index (χ2v) is 8.31. The van der Waals surface area contributed by atoms with Crippen molar-refractivity contribution >= 4 is 11.9 Å². The van der Waals surface area contributed by atoms with E-state index < -0.39 is 0 Å². The highest BCUT2D eigenvalue weighted by Crippen LogP contribution is 2.52. The molecule has 2 heterocycles. The molecule has 0 radical (unpaired) electrons. The first-order valence-corrected chi connectivity index (χ1v) is 9.97. The van der Waals surface area contributed by atoms with Crippen LogP contribution in [0, 0.1) is 36.5 Å². The summed E-state index contributed by atoms with van der Waals surface area (Å²) in [4.78, 5) is 29.2. The lowest BCUT2D eigenvalue weighted by Gasteiger charge is -2.46. The zero-order chi connectivity index (χ0) is 18.3. The molecule has 140 valence electrons. The van der Waals surface area contributed by atoms with Crippen molar-refractivity contribution in [3.63, 3.8) is 0 Å². The molecule has 1 amide bonds. The standard InChI is InChI=1S/C21H28N2O3/c1-12-6-5-9-18(23-12)20(24)22-11-17-15-8-4-3-7-14(15)10-16-19(17)13(2)26-21(16)25/h5-6,9,13-17,19H,3-4,7-8,10-11H2,1-2H3,(H,22,24)/t13-,14+,15-,16-,17+,19-/m0/s1. The Morgan fingerprint density at radius 2 is 2.12 bits per heavy atom. The Balaban J connectivity index is 1.52. The molecule has 1 aromatic rings. The van der Waals surface area contributed by atoms with Crippen molar-refractivity contribution in [1.29, 1.82) is 0 Å². The fourth-order valence-corrected chi connectivity index (χ4v) is 5.70. The highest BCUT2D eigenvalue weighted by atomic mass is 16.6. The maximum atomic E-state index is 12.6. The monoisotopic (exact) mass is 356 g/mol. The van der Waals surface area contributed by atoms with Crippen molar-refractivity contribution in [2.45, 2.75) is 52.1 Å². The van der Waals surface area contributed by atoms with E-state index in [0.29, 0.717) is 30.0 Å². The van der Waals surface area contributed by atoms with Crippen LogP contribution in [0.1, 0.15) is 55.2 Å². The van der Waals surface area contributed by atoms with Crippen LogP contribution in [0.4, 0.5) is 0 Å². The first-order chi connectivity index (χ1) is 12.5. The molecule has 2 saturated carbocycles. The highest BCUT2D eigenvalue weighted by Gasteiger charge is 2.54. The lowest BCUT2D eigenvalue weighted by Crippen LogP contribution is -2.48. The Morgan fingerprint density at radius 3 is 2.92 bits per heavy atom. The topological polar surface area (TPSA) is 68.3 Å². The highest BCUT2D eigenvalue weighted by molar-refractivity contribution is 5.92. The SMILES string of the molecule is Cc1cccc(C(=O)NC[C@@H]2[C@H]3CCCC[C@@H]3C[C@@H]3C(=O)O[C@@H](C)[C@H]23)n1. The molecular formula is C21H28N2O3. The van der Waals surface area contributed by atoms with Gasteiger partial charge in [-0.3, -0.25) is 9.59 Å². The fraction of sp³-hybridized carbons (Fsp3) is 0.667. The van der Waals surface area contributed by atoms with Gasteiger partial charge in [-0.2, -0.15) is 0 Å². The summed E-state index contributed by atoms with van der Waals surface area (Å²) in [5, 5.41) is 3.11. The van der Waals surface area contributed by atoms with Gasteiger partial charge < -0.3 is 10.1 Å². The van der Waals surface area contributed by atoms with Gasteiger partial charge in [-0.15, -0.1) is 0 Å². The molecular weight excluding hydrogens is 328 g/mol. The quantitative estimate of drug-likeness (QED) is 0.845. The lowest BCUT2D eigenvalue weighted by atomic mass is 9.57. The predicted molar refractivity (Wildman–Crippen MR) is 97.4 cm³/mol. The minimum absolute atomic E-state index is 0.0170. The van der Waals surface area contributed by atoms with Crippen LogP contribution < -0.4 is 5.32 Å². The Hall–Kier alpha value is -1.91. The molecule has 1 N–H and O–H groups in total. The summed E-state index contributed by atoms with van der Waals surface area (Å²) < 4.78 is 5.59. The molecule has 2 aliphatic carbocycles. The number of nitrogens with zero attached hydrogens (tertiary/aromatic N) is 1. The van der Waals surface area contributed by atoms with Gasteiger partial charge in [0.15, 0.2) is 0 Å². The molecule has 0 aromatic carbocycles. The molecule has 0 spiro atoms. The number of fused-ring (bicyclic) bond motifs is 2. The number of hydrogen-bond acceptors (Lipinski definition) is 4. The number of hydrogen-bond donors (Lipinski definition) is 1. The molecule has 3 aliphatic rings. The number of carbonyl (C=O) groups is 2. The third kappa shape index (κ3) is 3.12. The van der Waals surface area contributed by atoms with Gasteiger partial charge in [0.1, 0.15) is 11.8 Å².